The Kier molecular flexibility index (Phi) is 3.13. The zero-order chi connectivity index (χ0) is 15.1. The Balaban J connectivity index is 1.43. The number of piperidine rings is 1. The van der Waals surface area contributed by atoms with Gasteiger partial charge in [-0.25, -0.2) is 9.48 Å². The van der Waals surface area contributed by atoms with Gasteiger partial charge in [-0.15, -0.1) is 0 Å². The Morgan fingerprint density at radius 1 is 1.27 bits per heavy atom. The summed E-state index contributed by atoms with van der Waals surface area (Å²) in [6, 6.07) is 3.45. The highest BCUT2D eigenvalue weighted by atomic mass is 16.3. The van der Waals surface area contributed by atoms with Crippen LogP contribution in [0.2, 0.25) is 0 Å². The van der Waals surface area contributed by atoms with Crippen LogP contribution >= 0.6 is 0 Å². The van der Waals surface area contributed by atoms with Gasteiger partial charge in [-0.3, -0.25) is 9.78 Å². The van der Waals surface area contributed by atoms with Crippen LogP contribution in [0.4, 0.5) is 0 Å². The van der Waals surface area contributed by atoms with Crippen LogP contribution in [0.1, 0.15) is 54.0 Å². The monoisotopic (exact) mass is 302 g/mol. The smallest absolute Gasteiger partial charge is 0.343 e. The second-order valence-corrected chi connectivity index (χ2v) is 6.03. The van der Waals surface area contributed by atoms with Gasteiger partial charge in [0.15, 0.2) is 5.76 Å². The third kappa shape index (κ3) is 2.36. The van der Waals surface area contributed by atoms with Gasteiger partial charge in [-0.1, -0.05) is 0 Å². The van der Waals surface area contributed by atoms with Crippen LogP contribution in [-0.2, 0) is 0 Å². The fraction of sp³-hybridized carbons (Fsp3) is 0.533. The molecule has 116 valence electrons. The third-order valence-corrected chi connectivity index (χ3v) is 4.45. The maximum Gasteiger partial charge on any atom is 0.343 e. The molecule has 0 spiro atoms. The molecular formula is C15H18N4O3. The van der Waals surface area contributed by atoms with Gasteiger partial charge in [0.1, 0.15) is 5.82 Å². The summed E-state index contributed by atoms with van der Waals surface area (Å²) in [6.45, 7) is 1.23. The summed E-state index contributed by atoms with van der Waals surface area (Å²) in [5.41, 5.74) is -0.127. The topological polar surface area (TPSA) is 84.1 Å². The van der Waals surface area contributed by atoms with Crippen LogP contribution in [-0.4, -0.2) is 38.7 Å². The lowest BCUT2D eigenvalue weighted by atomic mass is 10.1. The number of amides is 1. The first-order valence-electron chi connectivity index (χ1n) is 7.74. The minimum atomic E-state index is -0.127. The molecule has 0 aromatic carbocycles. The van der Waals surface area contributed by atoms with Gasteiger partial charge in [-0.05, 0) is 37.8 Å². The molecule has 7 heteroatoms. The predicted octanol–water partition coefficient (Wildman–Crippen LogP) is 1.52. The molecule has 0 bridgehead atoms. The minimum absolute atomic E-state index is 0.0666. The maximum absolute atomic E-state index is 12.2. The van der Waals surface area contributed by atoms with E-state index in [1.54, 1.807) is 21.7 Å². The Morgan fingerprint density at radius 3 is 2.68 bits per heavy atom. The second kappa shape index (κ2) is 5.15. The quantitative estimate of drug-likeness (QED) is 0.931. The molecule has 1 saturated carbocycles. The molecule has 4 rings (SSSR count). The first kappa shape index (κ1) is 13.4. The summed E-state index contributed by atoms with van der Waals surface area (Å²) < 4.78 is 6.72. The molecule has 22 heavy (non-hydrogen) atoms. The molecule has 0 unspecified atom stereocenters. The average Bonchev–Trinajstić information content (AvgIpc) is 3.10. The molecule has 2 fully saturated rings. The van der Waals surface area contributed by atoms with Crippen molar-refractivity contribution in [2.45, 2.75) is 37.6 Å². The molecule has 1 aliphatic carbocycles. The maximum atomic E-state index is 12.2. The first-order valence-corrected chi connectivity index (χ1v) is 7.74. The van der Waals surface area contributed by atoms with Gasteiger partial charge >= 0.3 is 5.69 Å². The van der Waals surface area contributed by atoms with E-state index in [1.165, 1.54) is 6.26 Å². The largest absolute Gasteiger partial charge is 0.459 e. The lowest BCUT2D eigenvalue weighted by Gasteiger charge is -2.31. The van der Waals surface area contributed by atoms with Crippen molar-refractivity contribution in [1.29, 1.82) is 0 Å². The highest BCUT2D eigenvalue weighted by Gasteiger charge is 2.31. The summed E-state index contributed by atoms with van der Waals surface area (Å²) in [7, 11) is 0. The number of aromatic nitrogens is 3. The zero-order valence-electron chi connectivity index (χ0n) is 12.2. The van der Waals surface area contributed by atoms with E-state index in [4.69, 9.17) is 4.42 Å². The number of nitrogens with zero attached hydrogens (tertiary/aromatic N) is 3. The van der Waals surface area contributed by atoms with Gasteiger partial charge in [0.2, 0.25) is 0 Å². The normalized spacial score (nSPS) is 19.5. The van der Waals surface area contributed by atoms with Crippen molar-refractivity contribution in [3.8, 4) is 0 Å². The van der Waals surface area contributed by atoms with Crippen molar-refractivity contribution < 1.29 is 9.21 Å². The highest BCUT2D eigenvalue weighted by molar-refractivity contribution is 5.91. The number of likely N-dealkylation sites (tertiary alicyclic amines) is 1. The van der Waals surface area contributed by atoms with E-state index in [0.717, 1.165) is 31.5 Å². The predicted molar refractivity (Wildman–Crippen MR) is 77.7 cm³/mol. The molecule has 1 aliphatic heterocycles. The van der Waals surface area contributed by atoms with Gasteiger partial charge in [0, 0.05) is 19.0 Å². The minimum Gasteiger partial charge on any atom is -0.459 e. The summed E-state index contributed by atoms with van der Waals surface area (Å²) in [6.07, 6.45) is 5.21. The summed E-state index contributed by atoms with van der Waals surface area (Å²) in [5.74, 6) is 1.54. The number of carbonyl (C=O) groups is 1. The van der Waals surface area contributed by atoms with E-state index >= 15 is 0 Å². The van der Waals surface area contributed by atoms with E-state index in [9.17, 15) is 9.59 Å². The number of carbonyl (C=O) groups excluding carboxylic acids is 1. The molecule has 0 radical (unpaired) electrons. The second-order valence-electron chi connectivity index (χ2n) is 6.03. The van der Waals surface area contributed by atoms with E-state index in [-0.39, 0.29) is 17.6 Å². The van der Waals surface area contributed by atoms with Crippen molar-refractivity contribution in [3.05, 3.63) is 40.5 Å². The number of aromatic amines is 1. The van der Waals surface area contributed by atoms with Crippen molar-refractivity contribution in [2.24, 2.45) is 0 Å². The highest BCUT2D eigenvalue weighted by Crippen LogP contribution is 2.37. The molecule has 1 amide bonds. The Hall–Kier alpha value is -2.31. The summed E-state index contributed by atoms with van der Waals surface area (Å²) >= 11 is 0. The van der Waals surface area contributed by atoms with Crippen molar-refractivity contribution in [2.75, 3.05) is 13.1 Å². The molecule has 2 aliphatic rings. The number of hydrogen-bond donors (Lipinski definition) is 1. The van der Waals surface area contributed by atoms with Gasteiger partial charge in [0.05, 0.1) is 12.3 Å². The van der Waals surface area contributed by atoms with E-state index in [1.807, 2.05) is 0 Å². The lowest BCUT2D eigenvalue weighted by Crippen LogP contribution is -2.40. The SMILES string of the molecule is O=C(c1ccco1)N1CCC(n2nc(C3CC3)[nH]c2=O)CC1. The Bertz CT molecular complexity index is 718. The number of nitrogens with one attached hydrogen (secondary N) is 1. The molecule has 2 aromatic heterocycles. The molecule has 3 heterocycles. The van der Waals surface area contributed by atoms with Crippen LogP contribution in [0, 0.1) is 0 Å². The lowest BCUT2D eigenvalue weighted by molar-refractivity contribution is 0.0656. The first-order chi connectivity index (χ1) is 10.7. The third-order valence-electron chi connectivity index (χ3n) is 4.45. The molecule has 1 N–H and O–H groups in total. The van der Waals surface area contributed by atoms with Crippen LogP contribution in [0.5, 0.6) is 0 Å². The van der Waals surface area contributed by atoms with E-state index < -0.39 is 0 Å². The standard InChI is InChI=1S/C15H18N4O3/c20-14(12-2-1-9-22-12)18-7-5-11(6-8-18)19-15(21)16-13(17-19)10-3-4-10/h1-2,9-11H,3-8H2,(H,16,17,21). The number of rotatable bonds is 3. The fourth-order valence-corrected chi connectivity index (χ4v) is 3.01. The Labute approximate surface area is 126 Å². The van der Waals surface area contributed by atoms with Crippen LogP contribution in [0.3, 0.4) is 0 Å². The van der Waals surface area contributed by atoms with Crippen LogP contribution < -0.4 is 5.69 Å². The van der Waals surface area contributed by atoms with Crippen molar-refractivity contribution in [1.82, 2.24) is 19.7 Å². The average molecular weight is 302 g/mol. The molecule has 1 saturated heterocycles. The van der Waals surface area contributed by atoms with Crippen molar-refractivity contribution >= 4 is 5.91 Å². The number of hydrogen-bond acceptors (Lipinski definition) is 4. The van der Waals surface area contributed by atoms with E-state index in [2.05, 4.69) is 10.1 Å². The van der Waals surface area contributed by atoms with E-state index in [0.29, 0.717) is 24.8 Å². The van der Waals surface area contributed by atoms with Crippen LogP contribution in [0.25, 0.3) is 0 Å². The molecular weight excluding hydrogens is 284 g/mol. The fourth-order valence-electron chi connectivity index (χ4n) is 3.01. The Morgan fingerprint density at radius 2 is 2.05 bits per heavy atom. The van der Waals surface area contributed by atoms with Gasteiger partial charge < -0.3 is 9.32 Å². The molecule has 2 aromatic rings. The molecule has 7 nitrogen and oxygen atoms in total. The van der Waals surface area contributed by atoms with Gasteiger partial charge in [-0.2, -0.15) is 5.10 Å². The zero-order valence-corrected chi connectivity index (χ0v) is 12.2. The molecule has 0 atom stereocenters. The van der Waals surface area contributed by atoms with Gasteiger partial charge in [0.25, 0.3) is 5.91 Å². The number of H-pyrrole nitrogens is 1. The number of furan rings is 1. The summed E-state index contributed by atoms with van der Waals surface area (Å²) in [4.78, 5) is 28.9. The van der Waals surface area contributed by atoms with Crippen molar-refractivity contribution in [3.63, 3.8) is 0 Å². The summed E-state index contributed by atoms with van der Waals surface area (Å²) in [5, 5.41) is 4.44. The van der Waals surface area contributed by atoms with Crippen LogP contribution in [0.15, 0.2) is 27.6 Å².